The van der Waals surface area contributed by atoms with E-state index in [4.69, 9.17) is 15.2 Å². The van der Waals surface area contributed by atoms with Crippen LogP contribution in [0.5, 0.6) is 0 Å². The summed E-state index contributed by atoms with van der Waals surface area (Å²) in [7, 11) is 4.86. The number of likely N-dealkylation sites (tertiary alicyclic amines) is 1. The van der Waals surface area contributed by atoms with Gasteiger partial charge in [0.15, 0.2) is 0 Å². The van der Waals surface area contributed by atoms with Crippen molar-refractivity contribution in [1.82, 2.24) is 20.4 Å². The van der Waals surface area contributed by atoms with Crippen molar-refractivity contribution in [3.05, 3.63) is 35.9 Å². The van der Waals surface area contributed by atoms with Gasteiger partial charge >= 0.3 is 0 Å². The van der Waals surface area contributed by atoms with E-state index in [9.17, 15) is 19.2 Å². The molecule has 0 aromatic heterocycles. The van der Waals surface area contributed by atoms with Gasteiger partial charge in [-0.05, 0) is 50.5 Å². The van der Waals surface area contributed by atoms with E-state index in [1.807, 2.05) is 69.9 Å². The number of ether oxygens (including phenoxy) is 2. The van der Waals surface area contributed by atoms with Gasteiger partial charge in [0, 0.05) is 34.4 Å². The molecule has 0 saturated carbocycles. The minimum atomic E-state index is -1.14. The molecular formula is C36H61N5O6. The van der Waals surface area contributed by atoms with E-state index in [0.717, 1.165) is 31.2 Å². The molecule has 0 bridgehead atoms. The predicted molar refractivity (Wildman–Crippen MR) is 184 cm³/mol. The van der Waals surface area contributed by atoms with Crippen LogP contribution in [-0.2, 0) is 35.1 Å². The molecule has 7 atom stereocenters. The number of hydrogen-bond acceptors (Lipinski definition) is 7. The lowest BCUT2D eigenvalue weighted by atomic mass is 9.89. The Bertz CT molecular complexity index is 1160. The highest BCUT2D eigenvalue weighted by molar-refractivity contribution is 5.91. The summed E-state index contributed by atoms with van der Waals surface area (Å²) in [5, 5.41) is 5.87. The van der Waals surface area contributed by atoms with E-state index < -0.39 is 41.7 Å². The van der Waals surface area contributed by atoms with Crippen molar-refractivity contribution in [2.24, 2.45) is 23.5 Å². The zero-order valence-electron chi connectivity index (χ0n) is 30.4. The number of nitrogens with zero attached hydrogens (tertiary/aromatic N) is 2. The number of carbonyl (C=O) groups is 4. The van der Waals surface area contributed by atoms with Gasteiger partial charge < -0.3 is 35.6 Å². The predicted octanol–water partition coefficient (Wildman–Crippen LogP) is 3.14. The van der Waals surface area contributed by atoms with E-state index in [1.54, 1.807) is 40.0 Å². The molecule has 2 rings (SSSR count). The summed E-state index contributed by atoms with van der Waals surface area (Å²) in [6, 6.07) is 8.51. The van der Waals surface area contributed by atoms with Crippen LogP contribution in [0, 0.1) is 17.8 Å². The molecule has 0 spiro atoms. The number of nitrogens with one attached hydrogen (secondary N) is 2. The molecule has 4 amide bonds. The third kappa shape index (κ3) is 11.0. The van der Waals surface area contributed by atoms with E-state index >= 15 is 0 Å². The molecule has 11 heteroatoms. The largest absolute Gasteiger partial charge is 0.379 e. The molecule has 11 nitrogen and oxygen atoms in total. The van der Waals surface area contributed by atoms with E-state index in [0.29, 0.717) is 13.1 Å². The lowest BCUT2D eigenvalue weighted by Gasteiger charge is -2.41. The van der Waals surface area contributed by atoms with Crippen molar-refractivity contribution in [3.8, 4) is 0 Å². The Morgan fingerprint density at radius 1 is 1.06 bits per heavy atom. The van der Waals surface area contributed by atoms with Gasteiger partial charge in [-0.3, -0.25) is 19.2 Å². The van der Waals surface area contributed by atoms with Gasteiger partial charge in [-0.2, -0.15) is 0 Å². The number of methoxy groups -OCH3 is 2. The van der Waals surface area contributed by atoms with Gasteiger partial charge in [0.05, 0.1) is 42.2 Å². The van der Waals surface area contributed by atoms with Crippen LogP contribution in [0.15, 0.2) is 30.3 Å². The maximum atomic E-state index is 14.0. The lowest BCUT2D eigenvalue weighted by Crippen LogP contribution is -2.60. The van der Waals surface area contributed by atoms with E-state index in [1.165, 1.54) is 0 Å². The van der Waals surface area contributed by atoms with E-state index in [2.05, 4.69) is 10.6 Å². The smallest absolute Gasteiger partial charge is 0.245 e. The normalized spacial score (nSPS) is 19.0. The SMILES string of the molecule is CC[C@H](C)[C@@H]([C@@H](CC(=O)N1CCC[C@H]1[C@H](OC)[C@@H](C)C(=O)NCCc1ccccc1)OC)N(C)C(=O)[C@@H](NC(=O)C(C)(C)N)C(C)C. The van der Waals surface area contributed by atoms with Crippen molar-refractivity contribution < 1.29 is 28.7 Å². The zero-order chi connectivity index (χ0) is 35.5. The van der Waals surface area contributed by atoms with Gasteiger partial charge in [-0.1, -0.05) is 71.4 Å². The number of hydrogen-bond donors (Lipinski definition) is 3. The summed E-state index contributed by atoms with van der Waals surface area (Å²) < 4.78 is 11.8. The van der Waals surface area contributed by atoms with Crippen molar-refractivity contribution >= 4 is 23.6 Å². The molecule has 4 N–H and O–H groups in total. The second-order valence-corrected chi connectivity index (χ2v) is 14.0. The molecule has 1 fully saturated rings. The first-order valence-electron chi connectivity index (χ1n) is 17.1. The van der Waals surface area contributed by atoms with Crippen LogP contribution < -0.4 is 16.4 Å². The van der Waals surface area contributed by atoms with Crippen molar-refractivity contribution in [2.75, 3.05) is 34.4 Å². The standard InChI is InChI=1S/C36H61N5O6/c1-11-24(4)31(40(8)34(44)30(23(2)3)39-35(45)36(6,7)37)28(46-9)22-29(42)41-21-15-18-27(41)32(47-10)25(5)33(43)38-20-19-26-16-13-12-14-17-26/h12-14,16-17,23-25,27-28,30-32H,11,15,18-22,37H2,1-10H3,(H,38,43)(H,39,45)/t24-,25+,27-,28+,30-,31-,32+/m0/s1. The lowest BCUT2D eigenvalue weighted by molar-refractivity contribution is -0.147. The topological polar surface area (TPSA) is 143 Å². The Kier molecular flexibility index (Phi) is 15.8. The molecule has 1 saturated heterocycles. The molecule has 1 aromatic rings. The number of likely N-dealkylation sites (N-methyl/N-ethyl adjacent to an activating group) is 1. The van der Waals surface area contributed by atoms with Crippen molar-refractivity contribution in [1.29, 1.82) is 0 Å². The average molecular weight is 660 g/mol. The summed E-state index contributed by atoms with van der Waals surface area (Å²) in [4.78, 5) is 57.3. The molecule has 266 valence electrons. The fourth-order valence-corrected chi connectivity index (χ4v) is 6.50. The van der Waals surface area contributed by atoms with Gasteiger partial charge in [0.2, 0.25) is 23.6 Å². The highest BCUT2D eigenvalue weighted by Crippen LogP contribution is 2.29. The molecule has 1 heterocycles. The summed E-state index contributed by atoms with van der Waals surface area (Å²) in [5.41, 5.74) is 6.01. The summed E-state index contributed by atoms with van der Waals surface area (Å²) in [5.74, 6) is -1.55. The molecular weight excluding hydrogens is 598 g/mol. The Morgan fingerprint density at radius 2 is 1.70 bits per heavy atom. The minimum absolute atomic E-state index is 0.00290. The Balaban J connectivity index is 2.19. The van der Waals surface area contributed by atoms with E-state index in [-0.39, 0.29) is 42.0 Å². The Labute approximate surface area is 282 Å². The molecule has 1 aromatic carbocycles. The third-order valence-electron chi connectivity index (χ3n) is 9.62. The van der Waals surface area contributed by atoms with Crippen molar-refractivity contribution in [2.45, 2.75) is 116 Å². The van der Waals surface area contributed by atoms with Crippen LogP contribution in [0.4, 0.5) is 0 Å². The molecule has 47 heavy (non-hydrogen) atoms. The highest BCUT2D eigenvalue weighted by atomic mass is 16.5. The average Bonchev–Trinajstić information content (AvgIpc) is 3.52. The van der Waals surface area contributed by atoms with Crippen LogP contribution in [0.3, 0.4) is 0 Å². The first-order chi connectivity index (χ1) is 22.1. The second-order valence-electron chi connectivity index (χ2n) is 14.0. The Morgan fingerprint density at radius 3 is 2.23 bits per heavy atom. The van der Waals surface area contributed by atoms with Gasteiger partial charge in [-0.25, -0.2) is 0 Å². The summed E-state index contributed by atoms with van der Waals surface area (Å²) >= 11 is 0. The van der Waals surface area contributed by atoms with Crippen LogP contribution in [0.2, 0.25) is 0 Å². The zero-order valence-corrected chi connectivity index (χ0v) is 30.4. The molecule has 0 aliphatic carbocycles. The number of rotatable bonds is 18. The number of nitrogens with two attached hydrogens (primary N) is 1. The molecule has 1 aliphatic rings. The van der Waals surface area contributed by atoms with Gasteiger partial charge in [0.1, 0.15) is 6.04 Å². The number of carbonyl (C=O) groups excluding carboxylic acids is 4. The summed E-state index contributed by atoms with van der Waals surface area (Å²) in [6.07, 6.45) is 1.99. The highest BCUT2D eigenvalue weighted by Gasteiger charge is 2.43. The van der Waals surface area contributed by atoms with Gasteiger partial charge in [-0.15, -0.1) is 0 Å². The maximum absolute atomic E-state index is 14.0. The summed E-state index contributed by atoms with van der Waals surface area (Å²) in [6.45, 7) is 13.9. The van der Waals surface area contributed by atoms with Gasteiger partial charge in [0.25, 0.3) is 0 Å². The quantitative estimate of drug-likeness (QED) is 0.220. The molecule has 1 aliphatic heterocycles. The monoisotopic (exact) mass is 659 g/mol. The fourth-order valence-electron chi connectivity index (χ4n) is 6.50. The first kappa shape index (κ1) is 40.2. The van der Waals surface area contributed by atoms with Crippen LogP contribution in [0.25, 0.3) is 0 Å². The minimum Gasteiger partial charge on any atom is -0.379 e. The number of amides is 4. The number of benzene rings is 1. The second kappa shape index (κ2) is 18.5. The molecule has 0 unspecified atom stereocenters. The van der Waals surface area contributed by atoms with Crippen LogP contribution >= 0.6 is 0 Å². The fraction of sp³-hybridized carbons (Fsp3) is 0.722. The third-order valence-corrected chi connectivity index (χ3v) is 9.62. The Hall–Kier alpha value is -3.02. The first-order valence-corrected chi connectivity index (χ1v) is 17.1. The molecule has 0 radical (unpaired) electrons. The van der Waals surface area contributed by atoms with Crippen molar-refractivity contribution in [3.63, 3.8) is 0 Å². The maximum Gasteiger partial charge on any atom is 0.245 e. The van der Waals surface area contributed by atoms with Crippen LogP contribution in [-0.4, -0.2) is 104 Å². The van der Waals surface area contributed by atoms with Crippen LogP contribution in [0.1, 0.15) is 79.7 Å².